The maximum Gasteiger partial charge on any atom is 0.131 e. The standard InChI is InChI=1S/C10H14BrN3O/c11-8-6-13-9(14-7-8)5-10(15)1-3-12-4-2-10/h6-7,12,15H,1-5H2. The third kappa shape index (κ3) is 2.96. The Morgan fingerprint density at radius 1 is 1.33 bits per heavy atom. The summed E-state index contributed by atoms with van der Waals surface area (Å²) >= 11 is 3.29. The summed E-state index contributed by atoms with van der Waals surface area (Å²) in [5.41, 5.74) is -0.626. The van der Waals surface area contributed by atoms with Crippen LogP contribution in [0.5, 0.6) is 0 Å². The lowest BCUT2D eigenvalue weighted by Gasteiger charge is -2.31. The van der Waals surface area contributed by atoms with Gasteiger partial charge in [0, 0.05) is 18.8 Å². The van der Waals surface area contributed by atoms with Gasteiger partial charge >= 0.3 is 0 Å². The highest BCUT2D eigenvalue weighted by Crippen LogP contribution is 2.21. The molecule has 82 valence electrons. The summed E-state index contributed by atoms with van der Waals surface area (Å²) in [5, 5.41) is 13.5. The molecule has 0 saturated carbocycles. The summed E-state index contributed by atoms with van der Waals surface area (Å²) in [6.07, 6.45) is 5.51. The number of halogens is 1. The maximum absolute atomic E-state index is 10.3. The molecule has 1 fully saturated rings. The number of nitrogens with zero attached hydrogens (tertiary/aromatic N) is 2. The second kappa shape index (κ2) is 4.55. The van der Waals surface area contributed by atoms with Crippen LogP contribution in [-0.2, 0) is 6.42 Å². The molecule has 4 nitrogen and oxygen atoms in total. The van der Waals surface area contributed by atoms with E-state index in [1.54, 1.807) is 12.4 Å². The van der Waals surface area contributed by atoms with E-state index in [2.05, 4.69) is 31.2 Å². The largest absolute Gasteiger partial charge is 0.389 e. The van der Waals surface area contributed by atoms with Crippen LogP contribution in [0.2, 0.25) is 0 Å². The molecule has 2 N–H and O–H groups in total. The fraction of sp³-hybridized carbons (Fsp3) is 0.600. The van der Waals surface area contributed by atoms with Crippen LogP contribution in [0.1, 0.15) is 18.7 Å². The highest BCUT2D eigenvalue weighted by Gasteiger charge is 2.30. The van der Waals surface area contributed by atoms with Gasteiger partial charge in [-0.3, -0.25) is 0 Å². The molecule has 1 aromatic heterocycles. The number of piperidine rings is 1. The molecular weight excluding hydrogens is 258 g/mol. The molecule has 1 aromatic rings. The average molecular weight is 272 g/mol. The summed E-state index contributed by atoms with van der Waals surface area (Å²) in [7, 11) is 0. The Labute approximate surface area is 97.3 Å². The van der Waals surface area contributed by atoms with Crippen molar-refractivity contribution in [3.05, 3.63) is 22.7 Å². The molecule has 0 bridgehead atoms. The minimum absolute atomic E-state index is 0.544. The smallest absolute Gasteiger partial charge is 0.131 e. The van der Waals surface area contributed by atoms with Crippen molar-refractivity contribution in [3.63, 3.8) is 0 Å². The van der Waals surface area contributed by atoms with E-state index in [1.165, 1.54) is 0 Å². The third-order valence-electron chi connectivity index (χ3n) is 2.70. The van der Waals surface area contributed by atoms with Gasteiger partial charge in [-0.25, -0.2) is 9.97 Å². The molecular formula is C10H14BrN3O. The zero-order valence-electron chi connectivity index (χ0n) is 8.41. The molecule has 15 heavy (non-hydrogen) atoms. The van der Waals surface area contributed by atoms with Crippen LogP contribution in [0.3, 0.4) is 0 Å². The van der Waals surface area contributed by atoms with Gasteiger partial charge in [0.1, 0.15) is 5.82 Å². The number of aliphatic hydroxyl groups is 1. The van der Waals surface area contributed by atoms with E-state index in [-0.39, 0.29) is 0 Å². The van der Waals surface area contributed by atoms with Gasteiger partial charge < -0.3 is 10.4 Å². The molecule has 0 unspecified atom stereocenters. The predicted octanol–water partition coefficient (Wildman–Crippen LogP) is 0.896. The van der Waals surface area contributed by atoms with Gasteiger partial charge in [-0.05, 0) is 41.9 Å². The van der Waals surface area contributed by atoms with E-state index in [1.807, 2.05) is 0 Å². The van der Waals surface area contributed by atoms with Crippen molar-refractivity contribution in [2.45, 2.75) is 24.9 Å². The van der Waals surface area contributed by atoms with E-state index in [4.69, 9.17) is 0 Å². The second-order valence-corrected chi connectivity index (χ2v) is 4.88. The van der Waals surface area contributed by atoms with E-state index >= 15 is 0 Å². The van der Waals surface area contributed by atoms with Crippen LogP contribution < -0.4 is 5.32 Å². The van der Waals surface area contributed by atoms with Gasteiger partial charge in [-0.2, -0.15) is 0 Å². The molecule has 0 spiro atoms. The zero-order chi connectivity index (χ0) is 10.7. The van der Waals surface area contributed by atoms with E-state index < -0.39 is 5.60 Å². The van der Waals surface area contributed by atoms with Crippen molar-refractivity contribution in [2.75, 3.05) is 13.1 Å². The topological polar surface area (TPSA) is 58.0 Å². The highest BCUT2D eigenvalue weighted by molar-refractivity contribution is 9.10. The lowest BCUT2D eigenvalue weighted by molar-refractivity contribution is 0.00909. The molecule has 0 amide bonds. The van der Waals surface area contributed by atoms with Crippen molar-refractivity contribution in [1.82, 2.24) is 15.3 Å². The first-order chi connectivity index (χ1) is 7.18. The molecule has 0 radical (unpaired) electrons. The molecule has 2 heterocycles. The number of hydrogen-bond acceptors (Lipinski definition) is 4. The summed E-state index contributed by atoms with van der Waals surface area (Å²) in [4.78, 5) is 8.36. The Balaban J connectivity index is 2.03. The van der Waals surface area contributed by atoms with E-state index in [0.717, 1.165) is 30.4 Å². The monoisotopic (exact) mass is 271 g/mol. The first kappa shape index (κ1) is 11.0. The molecule has 0 aliphatic carbocycles. The minimum Gasteiger partial charge on any atom is -0.389 e. The van der Waals surface area contributed by atoms with Crippen molar-refractivity contribution >= 4 is 15.9 Å². The average Bonchev–Trinajstić information content (AvgIpc) is 2.22. The minimum atomic E-state index is -0.626. The van der Waals surface area contributed by atoms with Crippen molar-refractivity contribution in [3.8, 4) is 0 Å². The number of nitrogens with one attached hydrogen (secondary N) is 1. The molecule has 0 aromatic carbocycles. The maximum atomic E-state index is 10.3. The van der Waals surface area contributed by atoms with Crippen LogP contribution in [-0.4, -0.2) is 33.8 Å². The normalized spacial score (nSPS) is 20.1. The van der Waals surface area contributed by atoms with E-state index in [9.17, 15) is 5.11 Å². The summed E-state index contributed by atoms with van der Waals surface area (Å²) < 4.78 is 0.864. The zero-order valence-corrected chi connectivity index (χ0v) is 10.00. The SMILES string of the molecule is OC1(Cc2ncc(Br)cn2)CCNCC1. The number of aromatic nitrogens is 2. The van der Waals surface area contributed by atoms with Gasteiger partial charge in [-0.15, -0.1) is 0 Å². The third-order valence-corrected chi connectivity index (χ3v) is 3.10. The van der Waals surface area contributed by atoms with Gasteiger partial charge in [-0.1, -0.05) is 0 Å². The Morgan fingerprint density at radius 3 is 2.53 bits per heavy atom. The fourth-order valence-corrected chi connectivity index (χ4v) is 2.00. The molecule has 5 heteroatoms. The van der Waals surface area contributed by atoms with Crippen molar-refractivity contribution in [1.29, 1.82) is 0 Å². The lowest BCUT2D eigenvalue weighted by atomic mass is 9.89. The van der Waals surface area contributed by atoms with E-state index in [0.29, 0.717) is 12.2 Å². The van der Waals surface area contributed by atoms with Gasteiger partial charge in [0.25, 0.3) is 0 Å². The summed E-state index contributed by atoms with van der Waals surface area (Å²) in [5.74, 6) is 0.711. The first-order valence-corrected chi connectivity index (χ1v) is 5.87. The second-order valence-electron chi connectivity index (χ2n) is 3.97. The molecule has 2 rings (SSSR count). The van der Waals surface area contributed by atoms with Crippen LogP contribution in [0.4, 0.5) is 0 Å². The van der Waals surface area contributed by atoms with Crippen LogP contribution in [0, 0.1) is 0 Å². The Bertz CT molecular complexity index is 322. The Kier molecular flexibility index (Phi) is 3.33. The first-order valence-electron chi connectivity index (χ1n) is 5.07. The molecule has 1 aliphatic heterocycles. The summed E-state index contributed by atoms with van der Waals surface area (Å²) in [6.45, 7) is 1.74. The Hall–Kier alpha value is -0.520. The van der Waals surface area contributed by atoms with Crippen LogP contribution >= 0.6 is 15.9 Å². The lowest BCUT2D eigenvalue weighted by Crippen LogP contribution is -2.43. The molecule has 0 atom stereocenters. The van der Waals surface area contributed by atoms with Crippen molar-refractivity contribution < 1.29 is 5.11 Å². The highest BCUT2D eigenvalue weighted by atomic mass is 79.9. The summed E-state index contributed by atoms with van der Waals surface area (Å²) in [6, 6.07) is 0. The molecule has 1 aliphatic rings. The quantitative estimate of drug-likeness (QED) is 0.839. The molecule has 1 saturated heterocycles. The van der Waals surface area contributed by atoms with Gasteiger partial charge in [0.2, 0.25) is 0 Å². The number of hydrogen-bond donors (Lipinski definition) is 2. The van der Waals surface area contributed by atoms with Gasteiger partial charge in [0.15, 0.2) is 0 Å². The predicted molar refractivity (Wildman–Crippen MR) is 60.5 cm³/mol. The van der Waals surface area contributed by atoms with Crippen LogP contribution in [0.25, 0.3) is 0 Å². The van der Waals surface area contributed by atoms with Gasteiger partial charge in [0.05, 0.1) is 10.1 Å². The van der Waals surface area contributed by atoms with Crippen LogP contribution in [0.15, 0.2) is 16.9 Å². The Morgan fingerprint density at radius 2 is 1.93 bits per heavy atom. The fourth-order valence-electron chi connectivity index (χ4n) is 1.79. The number of rotatable bonds is 2. The van der Waals surface area contributed by atoms with Crippen molar-refractivity contribution in [2.24, 2.45) is 0 Å².